The number of aldehydes is 1. The van der Waals surface area contributed by atoms with Crippen molar-refractivity contribution < 1.29 is 14.7 Å². The van der Waals surface area contributed by atoms with Crippen LogP contribution in [0.4, 0.5) is 0 Å². The molecule has 24 heavy (non-hydrogen) atoms. The fraction of sp³-hybridized carbons (Fsp3) is 0.619. The predicted molar refractivity (Wildman–Crippen MR) is 105 cm³/mol. The molecule has 0 fully saturated rings. The molecule has 1 aromatic carbocycles. The summed E-state index contributed by atoms with van der Waals surface area (Å²) < 4.78 is 0. The average molecular weight is 339 g/mol. The van der Waals surface area contributed by atoms with Crippen molar-refractivity contribution in [2.75, 3.05) is 0 Å². The number of phenolic OH excluding ortho intramolecular Hbond substituents is 1. The second kappa shape index (κ2) is 14.9. The monoisotopic (exact) mass is 338 g/mol. The number of aromatic hydroxyl groups is 1. The standard InChI is InChI=1S/C11H16O.C5H12.C3H6O.C2H4O/c1-8(2)6-10-4-5-11(12)9(3)7-10;1-5(2,3)4;1-3(2)4;1-2-3/h4-5,7-8,12H,6H2,1-3H3;1-4H3;1-2H3;2H,1H3. The highest BCUT2D eigenvalue weighted by atomic mass is 16.3. The van der Waals surface area contributed by atoms with Crippen molar-refractivity contribution in [2.24, 2.45) is 11.3 Å². The lowest BCUT2D eigenvalue weighted by Crippen LogP contribution is -1.93. The summed E-state index contributed by atoms with van der Waals surface area (Å²) in [6.07, 6.45) is 1.83. The number of carbonyl (C=O) groups excluding carboxylic acids is 2. The number of phenols is 1. The van der Waals surface area contributed by atoms with Gasteiger partial charge in [-0.3, -0.25) is 0 Å². The van der Waals surface area contributed by atoms with Crippen LogP contribution in [0.25, 0.3) is 0 Å². The minimum absolute atomic E-state index is 0.167. The third-order valence-electron chi connectivity index (χ3n) is 1.91. The van der Waals surface area contributed by atoms with Gasteiger partial charge in [-0.2, -0.15) is 0 Å². The van der Waals surface area contributed by atoms with E-state index in [1.165, 1.54) is 26.3 Å². The maximum atomic E-state index is 9.44. The van der Waals surface area contributed by atoms with Crippen molar-refractivity contribution in [1.29, 1.82) is 0 Å². The molecule has 0 aliphatic carbocycles. The van der Waals surface area contributed by atoms with E-state index in [1.807, 2.05) is 13.0 Å². The normalized spacial score (nSPS) is 9.46. The maximum absolute atomic E-state index is 9.44. The summed E-state index contributed by atoms with van der Waals surface area (Å²) in [6.45, 7) is 19.6. The van der Waals surface area contributed by atoms with E-state index in [9.17, 15) is 9.90 Å². The van der Waals surface area contributed by atoms with Crippen molar-refractivity contribution in [3.05, 3.63) is 29.3 Å². The number of rotatable bonds is 2. The summed E-state index contributed by atoms with van der Waals surface area (Å²) in [5.41, 5.74) is 2.77. The number of aryl methyl sites for hydroxylation is 1. The first-order chi connectivity index (χ1) is 10.7. The van der Waals surface area contributed by atoms with Crippen LogP contribution in [0.15, 0.2) is 18.2 Å². The average Bonchev–Trinajstić information content (AvgIpc) is 2.31. The van der Waals surface area contributed by atoms with Crippen LogP contribution >= 0.6 is 0 Å². The van der Waals surface area contributed by atoms with Gasteiger partial charge in [0.2, 0.25) is 0 Å². The van der Waals surface area contributed by atoms with E-state index in [2.05, 4.69) is 47.6 Å². The molecule has 1 aromatic rings. The van der Waals surface area contributed by atoms with Gasteiger partial charge in [-0.05, 0) is 62.6 Å². The molecule has 0 bridgehead atoms. The molecule has 0 aliphatic rings. The molecule has 3 nitrogen and oxygen atoms in total. The van der Waals surface area contributed by atoms with Crippen LogP contribution in [0, 0.1) is 18.3 Å². The van der Waals surface area contributed by atoms with E-state index >= 15 is 0 Å². The van der Waals surface area contributed by atoms with E-state index in [-0.39, 0.29) is 5.78 Å². The molecule has 0 aliphatic heterocycles. The number of carbonyl (C=O) groups is 2. The van der Waals surface area contributed by atoms with Gasteiger partial charge in [-0.15, -0.1) is 0 Å². The predicted octanol–water partition coefficient (Wildman–Crippen LogP) is 5.75. The summed E-state index contributed by atoms with van der Waals surface area (Å²) in [6, 6.07) is 5.81. The number of Topliss-reactive ketones (excluding diaryl/α,β-unsaturated/α-hetero) is 1. The molecule has 1 N–H and O–H groups in total. The maximum Gasteiger partial charge on any atom is 0.126 e. The summed E-state index contributed by atoms with van der Waals surface area (Å²) >= 11 is 0. The Bertz CT molecular complexity index is 445. The zero-order chi connectivity index (χ0) is 19.9. The van der Waals surface area contributed by atoms with Gasteiger partial charge < -0.3 is 14.7 Å². The molecule has 0 amide bonds. The largest absolute Gasteiger partial charge is 0.508 e. The molecule has 0 unspecified atom stereocenters. The van der Waals surface area contributed by atoms with E-state index in [1.54, 1.807) is 6.07 Å². The van der Waals surface area contributed by atoms with Crippen LogP contribution in [0.3, 0.4) is 0 Å². The summed E-state index contributed by atoms with van der Waals surface area (Å²) in [7, 11) is 0. The third kappa shape index (κ3) is 32.3. The minimum atomic E-state index is 0.167. The van der Waals surface area contributed by atoms with Crippen LogP contribution in [-0.2, 0) is 16.0 Å². The molecule has 0 aromatic heterocycles. The lowest BCUT2D eigenvalue weighted by atomic mass is 10.0. The van der Waals surface area contributed by atoms with E-state index in [0.717, 1.165) is 18.3 Å². The van der Waals surface area contributed by atoms with Gasteiger partial charge in [0.15, 0.2) is 0 Å². The van der Waals surface area contributed by atoms with Gasteiger partial charge >= 0.3 is 0 Å². The Morgan fingerprint density at radius 2 is 1.50 bits per heavy atom. The first-order valence-electron chi connectivity index (χ1n) is 8.40. The number of benzene rings is 1. The molecular formula is C21H38O3. The molecule has 0 saturated carbocycles. The highest BCUT2D eigenvalue weighted by Gasteiger charge is 2.00. The molecular weight excluding hydrogens is 300 g/mol. The zero-order valence-electron chi connectivity index (χ0n) is 17.4. The van der Waals surface area contributed by atoms with E-state index in [0.29, 0.717) is 17.1 Å². The van der Waals surface area contributed by atoms with Crippen LogP contribution < -0.4 is 0 Å². The fourth-order valence-corrected chi connectivity index (χ4v) is 1.32. The molecule has 0 radical (unpaired) electrons. The lowest BCUT2D eigenvalue weighted by molar-refractivity contribution is -0.115. The molecule has 0 saturated heterocycles. The smallest absolute Gasteiger partial charge is 0.126 e. The highest BCUT2D eigenvalue weighted by Crippen LogP contribution is 2.18. The summed E-state index contributed by atoms with van der Waals surface area (Å²) in [5, 5.41) is 9.28. The van der Waals surface area contributed by atoms with E-state index in [4.69, 9.17) is 4.79 Å². The first-order valence-corrected chi connectivity index (χ1v) is 8.40. The Morgan fingerprint density at radius 1 is 1.17 bits per heavy atom. The Labute approximate surface area is 149 Å². The highest BCUT2D eigenvalue weighted by molar-refractivity contribution is 5.72. The van der Waals surface area contributed by atoms with Crippen molar-refractivity contribution in [3.8, 4) is 5.75 Å². The van der Waals surface area contributed by atoms with Crippen LogP contribution in [0.2, 0.25) is 0 Å². The second-order valence-electron chi connectivity index (χ2n) is 7.86. The molecule has 1 rings (SSSR count). The van der Waals surface area contributed by atoms with Crippen molar-refractivity contribution in [3.63, 3.8) is 0 Å². The number of ketones is 1. The molecule has 0 atom stereocenters. The van der Waals surface area contributed by atoms with E-state index < -0.39 is 0 Å². The Morgan fingerprint density at radius 3 is 1.75 bits per heavy atom. The molecule has 3 heteroatoms. The van der Waals surface area contributed by atoms with Crippen LogP contribution in [0.1, 0.15) is 73.4 Å². The topological polar surface area (TPSA) is 54.4 Å². The van der Waals surface area contributed by atoms with Gasteiger partial charge in [0.05, 0.1) is 0 Å². The summed E-state index contributed by atoms with van der Waals surface area (Å²) in [4.78, 5) is 18.2. The van der Waals surface area contributed by atoms with Gasteiger partial charge in [0, 0.05) is 0 Å². The van der Waals surface area contributed by atoms with Crippen LogP contribution in [0.5, 0.6) is 5.75 Å². The first kappa shape index (κ1) is 27.2. The fourth-order valence-electron chi connectivity index (χ4n) is 1.32. The Balaban J connectivity index is -0.000000306. The third-order valence-corrected chi connectivity index (χ3v) is 1.91. The SMILES string of the molecule is CC(C)(C)C.CC(C)=O.CC=O.Cc1cc(CC(C)C)ccc1O. The zero-order valence-corrected chi connectivity index (χ0v) is 17.4. The van der Waals surface area contributed by atoms with Gasteiger partial charge in [0.1, 0.15) is 17.8 Å². The quantitative estimate of drug-likeness (QED) is 0.698. The molecule has 0 heterocycles. The number of hydrogen-bond donors (Lipinski definition) is 1. The molecule has 0 spiro atoms. The molecule has 140 valence electrons. The van der Waals surface area contributed by atoms with Crippen molar-refractivity contribution >= 4 is 12.1 Å². The van der Waals surface area contributed by atoms with Gasteiger partial charge in [-0.1, -0.05) is 53.7 Å². The second-order valence-corrected chi connectivity index (χ2v) is 7.86. The van der Waals surface area contributed by atoms with Gasteiger partial charge in [-0.25, -0.2) is 0 Å². The number of hydrogen-bond acceptors (Lipinski definition) is 3. The Kier molecular flexibility index (Phi) is 16.9. The Hall–Kier alpha value is -1.64. The van der Waals surface area contributed by atoms with Crippen LogP contribution in [-0.4, -0.2) is 17.2 Å². The minimum Gasteiger partial charge on any atom is -0.508 e. The van der Waals surface area contributed by atoms with Gasteiger partial charge in [0.25, 0.3) is 0 Å². The van der Waals surface area contributed by atoms with Crippen molar-refractivity contribution in [1.82, 2.24) is 0 Å². The van der Waals surface area contributed by atoms with Crippen molar-refractivity contribution in [2.45, 2.75) is 75.7 Å². The summed E-state index contributed by atoms with van der Waals surface area (Å²) in [5.74, 6) is 1.23. The lowest BCUT2D eigenvalue weighted by Gasteiger charge is -2.06.